The molecule has 0 fully saturated rings. The van der Waals surface area contributed by atoms with Crippen LogP contribution in [0.1, 0.15) is 37.5 Å². The third-order valence-electron chi connectivity index (χ3n) is 3.42. The summed E-state index contributed by atoms with van der Waals surface area (Å²) in [5.41, 5.74) is 4.29. The molecule has 0 atom stereocenters. The van der Waals surface area contributed by atoms with Gasteiger partial charge in [-0.2, -0.15) is 53.1 Å². The largest absolute Gasteiger partial charge is 3.00 e. The zero-order valence-electron chi connectivity index (χ0n) is 14.0. The predicted octanol–water partition coefficient (Wildman–Crippen LogP) is 5.90. The number of aryl methyl sites for hydroxylation is 3. The van der Waals surface area contributed by atoms with Crippen molar-refractivity contribution in [2.45, 2.75) is 40.0 Å². The minimum Gasteiger partial charge on any atom is -0.213 e. The van der Waals surface area contributed by atoms with E-state index in [1.165, 1.54) is 16.7 Å². The molecular weight excluding hydrogens is 392 g/mol. The maximum Gasteiger partial charge on any atom is 3.00 e. The molecule has 3 aromatic carbocycles. The topological polar surface area (TPSA) is 0 Å². The Morgan fingerprint density at radius 3 is 0.727 bits per heavy atom. The van der Waals surface area contributed by atoms with Crippen molar-refractivity contribution in [2.24, 2.45) is 0 Å². The Morgan fingerprint density at radius 1 is 0.455 bits per heavy atom. The van der Waals surface area contributed by atoms with Crippen LogP contribution in [0.2, 0.25) is 0 Å². The molecule has 3 rings (SSSR count). The number of rotatable bonds is 3. The summed E-state index contributed by atoms with van der Waals surface area (Å²) in [6.45, 7) is 6.49. The second-order valence-corrected chi connectivity index (χ2v) is 4.94. The van der Waals surface area contributed by atoms with E-state index in [1.807, 2.05) is 0 Å². The van der Waals surface area contributed by atoms with Crippen molar-refractivity contribution in [3.8, 4) is 0 Å². The Balaban J connectivity index is 0.000000294. The van der Waals surface area contributed by atoms with Crippen molar-refractivity contribution in [3.05, 3.63) is 89.5 Å². The smallest absolute Gasteiger partial charge is 0.213 e. The monoisotopic (exact) mass is 419 g/mol. The zero-order chi connectivity index (χ0) is 15.3. The van der Waals surface area contributed by atoms with E-state index < -0.39 is 0 Å². The molecule has 22 heavy (non-hydrogen) atoms. The Hall–Kier alpha value is -0.573. The standard InChI is InChI=1S/3C7H9.Ce/c3*1-2-7-5-3-4-6-7;/h3*3-6H,2H2,1H3;/q3*-1;+3. The van der Waals surface area contributed by atoms with Crippen molar-refractivity contribution in [3.63, 3.8) is 0 Å². The first kappa shape index (κ1) is 21.4. The van der Waals surface area contributed by atoms with Gasteiger partial charge >= 0.3 is 41.7 Å². The summed E-state index contributed by atoms with van der Waals surface area (Å²) in [7, 11) is 0. The van der Waals surface area contributed by atoms with Gasteiger partial charge in [0.05, 0.1) is 0 Å². The number of hydrogen-bond donors (Lipinski definition) is 0. The fourth-order valence-electron chi connectivity index (χ4n) is 1.95. The quantitative estimate of drug-likeness (QED) is 0.464. The summed E-state index contributed by atoms with van der Waals surface area (Å²) in [6.07, 6.45) is 3.48. The van der Waals surface area contributed by atoms with Gasteiger partial charge in [-0.05, 0) is 0 Å². The summed E-state index contributed by atoms with van der Waals surface area (Å²) in [5, 5.41) is 0. The van der Waals surface area contributed by atoms with Crippen molar-refractivity contribution in [1.82, 2.24) is 0 Å². The van der Waals surface area contributed by atoms with Gasteiger partial charge in [-0.3, -0.25) is 0 Å². The average molecular weight is 420 g/mol. The van der Waals surface area contributed by atoms with Crippen LogP contribution in [0.5, 0.6) is 0 Å². The number of hydrogen-bond acceptors (Lipinski definition) is 0. The fraction of sp³-hybridized carbons (Fsp3) is 0.286. The van der Waals surface area contributed by atoms with E-state index in [0.29, 0.717) is 0 Å². The third-order valence-corrected chi connectivity index (χ3v) is 3.42. The van der Waals surface area contributed by atoms with Gasteiger partial charge in [0.2, 0.25) is 0 Å². The molecule has 1 heteroatoms. The molecule has 0 aliphatic heterocycles. The minimum atomic E-state index is 0. The van der Waals surface area contributed by atoms with Crippen molar-refractivity contribution in [1.29, 1.82) is 0 Å². The van der Waals surface area contributed by atoms with E-state index in [-0.39, 0.29) is 41.7 Å². The molecule has 1 radical (unpaired) electrons. The van der Waals surface area contributed by atoms with Crippen LogP contribution in [0, 0.1) is 41.7 Å². The molecule has 0 bridgehead atoms. The molecule has 0 N–H and O–H groups in total. The summed E-state index contributed by atoms with van der Waals surface area (Å²) >= 11 is 0. The molecule has 0 aliphatic rings. The van der Waals surface area contributed by atoms with Crippen LogP contribution < -0.4 is 0 Å². The SMILES string of the molecule is CC[c-]1cccc1.CC[c-]1cccc1.CC[c-]1cccc1.[Ce+3]. The van der Waals surface area contributed by atoms with Crippen LogP contribution in [-0.2, 0) is 19.3 Å². The van der Waals surface area contributed by atoms with Gasteiger partial charge in [-0.25, -0.2) is 36.4 Å². The van der Waals surface area contributed by atoms with Crippen LogP contribution in [0.15, 0.2) is 72.8 Å². The molecule has 0 heterocycles. The predicted molar refractivity (Wildman–Crippen MR) is 94.2 cm³/mol. The van der Waals surface area contributed by atoms with Crippen LogP contribution in [0.4, 0.5) is 0 Å². The molecular formula is C21H27Ce. The summed E-state index contributed by atoms with van der Waals surface area (Å²) in [4.78, 5) is 0. The maximum atomic E-state index is 2.16. The molecule has 0 saturated heterocycles. The molecule has 115 valence electrons. The molecule has 3 aromatic rings. The van der Waals surface area contributed by atoms with Crippen molar-refractivity contribution in [2.75, 3.05) is 0 Å². The average Bonchev–Trinajstić information content (AvgIpc) is 3.31. The van der Waals surface area contributed by atoms with Gasteiger partial charge in [0.25, 0.3) is 0 Å². The van der Waals surface area contributed by atoms with E-state index in [4.69, 9.17) is 0 Å². The van der Waals surface area contributed by atoms with Crippen molar-refractivity contribution < 1.29 is 41.7 Å². The van der Waals surface area contributed by atoms with Crippen LogP contribution >= 0.6 is 0 Å². The molecule has 0 aliphatic carbocycles. The summed E-state index contributed by atoms with van der Waals surface area (Å²) < 4.78 is 0. The molecule has 0 nitrogen and oxygen atoms in total. The van der Waals surface area contributed by atoms with E-state index in [2.05, 4.69) is 93.6 Å². The Morgan fingerprint density at radius 2 is 0.636 bits per heavy atom. The van der Waals surface area contributed by atoms with E-state index in [0.717, 1.165) is 19.3 Å². The maximum absolute atomic E-state index is 2.16. The first-order valence-corrected chi connectivity index (χ1v) is 7.91. The Labute approximate surface area is 170 Å². The zero-order valence-corrected chi connectivity index (χ0v) is 17.2. The van der Waals surface area contributed by atoms with Crippen LogP contribution in [0.25, 0.3) is 0 Å². The third kappa shape index (κ3) is 9.45. The first-order valence-electron chi connectivity index (χ1n) is 7.91. The summed E-state index contributed by atoms with van der Waals surface area (Å²) in [5.74, 6) is 0. The molecule has 0 spiro atoms. The van der Waals surface area contributed by atoms with E-state index >= 15 is 0 Å². The molecule has 0 amide bonds. The summed E-state index contributed by atoms with van der Waals surface area (Å²) in [6, 6.07) is 25.2. The second kappa shape index (κ2) is 14.0. The van der Waals surface area contributed by atoms with Crippen LogP contribution in [-0.4, -0.2) is 0 Å². The van der Waals surface area contributed by atoms with Crippen LogP contribution in [0.3, 0.4) is 0 Å². The van der Waals surface area contributed by atoms with Gasteiger partial charge < -0.3 is 0 Å². The Kier molecular flexibility index (Phi) is 13.7. The van der Waals surface area contributed by atoms with E-state index in [1.54, 1.807) is 0 Å². The fourth-order valence-corrected chi connectivity index (χ4v) is 1.95. The van der Waals surface area contributed by atoms with Gasteiger partial charge in [-0.1, -0.05) is 40.0 Å². The second-order valence-electron chi connectivity index (χ2n) is 4.94. The van der Waals surface area contributed by atoms with E-state index in [9.17, 15) is 0 Å². The van der Waals surface area contributed by atoms with Gasteiger partial charge in [0, 0.05) is 0 Å². The Bertz CT molecular complexity index is 431. The normalized spacial score (nSPS) is 8.86. The molecule has 0 unspecified atom stereocenters. The van der Waals surface area contributed by atoms with Gasteiger partial charge in [0.1, 0.15) is 0 Å². The first-order chi connectivity index (χ1) is 10.3. The van der Waals surface area contributed by atoms with Crippen molar-refractivity contribution >= 4 is 0 Å². The molecule has 0 saturated carbocycles. The van der Waals surface area contributed by atoms with Gasteiger partial charge in [-0.15, -0.1) is 0 Å². The van der Waals surface area contributed by atoms with Gasteiger partial charge in [0.15, 0.2) is 0 Å². The molecule has 0 aromatic heterocycles. The minimum absolute atomic E-state index is 0.